The molecule has 0 unspecified atom stereocenters. The van der Waals surface area contributed by atoms with Gasteiger partial charge in [0.05, 0.1) is 25.6 Å². The SMILES string of the molecule is C[C@@H]1OC=C[C@H](O[C@H]2C=C[C@@H](OCc3ccccc3)[C@H](C)O2)[C@H]1OCc1ccccc1. The molecule has 0 radical (unpaired) electrons. The Bertz CT molecular complexity index is 851. The first kappa shape index (κ1) is 21.8. The van der Waals surface area contributed by atoms with Gasteiger partial charge in [0, 0.05) is 0 Å². The molecule has 2 aromatic carbocycles. The Morgan fingerprint density at radius 3 is 2.00 bits per heavy atom. The minimum absolute atomic E-state index is 0.116. The van der Waals surface area contributed by atoms with Crippen LogP contribution in [0.3, 0.4) is 0 Å². The second-order valence-electron chi connectivity index (χ2n) is 7.89. The molecule has 2 aromatic rings. The van der Waals surface area contributed by atoms with Gasteiger partial charge in [0.25, 0.3) is 0 Å². The first-order valence-corrected chi connectivity index (χ1v) is 10.8. The second-order valence-corrected chi connectivity index (χ2v) is 7.89. The van der Waals surface area contributed by atoms with Gasteiger partial charge >= 0.3 is 0 Å². The molecule has 0 fully saturated rings. The highest BCUT2D eigenvalue weighted by Gasteiger charge is 2.34. The maximum Gasteiger partial charge on any atom is 0.178 e. The zero-order valence-electron chi connectivity index (χ0n) is 18.0. The first-order chi connectivity index (χ1) is 15.2. The monoisotopic (exact) mass is 422 g/mol. The molecule has 164 valence electrons. The molecule has 2 aliphatic heterocycles. The van der Waals surface area contributed by atoms with Crippen molar-refractivity contribution in [1.29, 1.82) is 0 Å². The largest absolute Gasteiger partial charge is 0.496 e. The van der Waals surface area contributed by atoms with Gasteiger partial charge in [-0.15, -0.1) is 0 Å². The van der Waals surface area contributed by atoms with Gasteiger partial charge in [-0.05, 0) is 37.1 Å². The van der Waals surface area contributed by atoms with Crippen molar-refractivity contribution < 1.29 is 23.7 Å². The van der Waals surface area contributed by atoms with E-state index in [0.717, 1.165) is 11.1 Å². The highest BCUT2D eigenvalue weighted by atomic mass is 16.7. The predicted octanol–water partition coefficient (Wildman–Crippen LogP) is 4.78. The molecule has 0 aliphatic carbocycles. The summed E-state index contributed by atoms with van der Waals surface area (Å²) in [5.41, 5.74) is 2.25. The number of hydrogen-bond acceptors (Lipinski definition) is 5. The van der Waals surface area contributed by atoms with Crippen LogP contribution in [0.4, 0.5) is 0 Å². The van der Waals surface area contributed by atoms with Crippen LogP contribution in [-0.4, -0.2) is 36.8 Å². The molecule has 5 heteroatoms. The molecular weight excluding hydrogens is 392 g/mol. The van der Waals surface area contributed by atoms with Gasteiger partial charge in [-0.25, -0.2) is 0 Å². The molecule has 5 nitrogen and oxygen atoms in total. The Hall–Kier alpha value is -2.44. The minimum atomic E-state index is -0.464. The van der Waals surface area contributed by atoms with Crippen LogP contribution in [0, 0.1) is 0 Å². The maximum absolute atomic E-state index is 6.23. The molecule has 31 heavy (non-hydrogen) atoms. The van der Waals surface area contributed by atoms with Crippen LogP contribution in [-0.2, 0) is 36.9 Å². The summed E-state index contributed by atoms with van der Waals surface area (Å²) in [6.07, 6.45) is 6.18. The third-order valence-electron chi connectivity index (χ3n) is 5.48. The van der Waals surface area contributed by atoms with Crippen molar-refractivity contribution in [1.82, 2.24) is 0 Å². The fourth-order valence-electron chi connectivity index (χ4n) is 3.70. The van der Waals surface area contributed by atoms with Crippen molar-refractivity contribution in [3.05, 3.63) is 96.3 Å². The summed E-state index contributed by atoms with van der Waals surface area (Å²) in [5.74, 6) is 0. The molecule has 0 saturated carbocycles. The normalized spacial score (nSPS) is 30.1. The van der Waals surface area contributed by atoms with E-state index in [1.807, 2.05) is 80.6 Å². The van der Waals surface area contributed by atoms with Crippen LogP contribution < -0.4 is 0 Å². The van der Waals surface area contributed by atoms with E-state index < -0.39 is 6.29 Å². The van der Waals surface area contributed by atoms with Crippen molar-refractivity contribution >= 4 is 0 Å². The average Bonchev–Trinajstić information content (AvgIpc) is 2.79. The van der Waals surface area contributed by atoms with Crippen molar-refractivity contribution in [2.75, 3.05) is 0 Å². The molecule has 0 N–H and O–H groups in total. The van der Waals surface area contributed by atoms with Crippen molar-refractivity contribution in [2.24, 2.45) is 0 Å². The zero-order chi connectivity index (χ0) is 21.5. The van der Waals surface area contributed by atoms with Gasteiger partial charge in [-0.1, -0.05) is 66.7 Å². The van der Waals surface area contributed by atoms with E-state index in [1.54, 1.807) is 6.26 Å². The highest BCUT2D eigenvalue weighted by molar-refractivity contribution is 5.14. The fourth-order valence-corrected chi connectivity index (χ4v) is 3.70. The van der Waals surface area contributed by atoms with E-state index in [9.17, 15) is 0 Å². The van der Waals surface area contributed by atoms with E-state index in [4.69, 9.17) is 23.7 Å². The smallest absolute Gasteiger partial charge is 0.178 e. The summed E-state index contributed by atoms with van der Waals surface area (Å²) in [5, 5.41) is 0. The lowest BCUT2D eigenvalue weighted by atomic mass is 10.1. The van der Waals surface area contributed by atoms with Crippen LogP contribution in [0.2, 0.25) is 0 Å². The quantitative estimate of drug-likeness (QED) is 0.573. The molecule has 0 spiro atoms. The summed E-state index contributed by atoms with van der Waals surface area (Å²) in [7, 11) is 0. The highest BCUT2D eigenvalue weighted by Crippen LogP contribution is 2.25. The summed E-state index contributed by atoms with van der Waals surface area (Å²) in [6.45, 7) is 5.04. The molecule has 2 aliphatic rings. The van der Waals surface area contributed by atoms with Gasteiger partial charge in [0.15, 0.2) is 6.29 Å². The Morgan fingerprint density at radius 2 is 1.35 bits per heavy atom. The second kappa shape index (κ2) is 10.7. The molecule has 0 aromatic heterocycles. The summed E-state index contributed by atoms with van der Waals surface area (Å²) < 4.78 is 30.1. The lowest BCUT2D eigenvalue weighted by Crippen LogP contribution is -2.45. The predicted molar refractivity (Wildman–Crippen MR) is 118 cm³/mol. The van der Waals surface area contributed by atoms with E-state index >= 15 is 0 Å². The minimum Gasteiger partial charge on any atom is -0.496 e. The topological polar surface area (TPSA) is 46.2 Å². The van der Waals surface area contributed by atoms with Gasteiger partial charge in [-0.2, -0.15) is 0 Å². The standard InChI is InChI=1S/C26H30O5/c1-19-23(28-17-21-9-5-3-6-10-21)13-14-25(30-19)31-24-15-16-27-20(2)26(24)29-18-22-11-7-4-8-12-22/h3-16,19-20,23-26H,17-18H2,1-2H3/t19-,20-,23+,24-,25-,26-/m0/s1. The van der Waals surface area contributed by atoms with Gasteiger partial charge in [0.1, 0.15) is 24.4 Å². The fraction of sp³-hybridized carbons (Fsp3) is 0.385. The van der Waals surface area contributed by atoms with Crippen molar-refractivity contribution in [3.8, 4) is 0 Å². The van der Waals surface area contributed by atoms with Crippen molar-refractivity contribution in [3.63, 3.8) is 0 Å². The van der Waals surface area contributed by atoms with E-state index in [1.165, 1.54) is 0 Å². The van der Waals surface area contributed by atoms with Crippen LogP contribution >= 0.6 is 0 Å². The molecular formula is C26H30O5. The third-order valence-corrected chi connectivity index (χ3v) is 5.48. The Labute approximate surface area is 184 Å². The van der Waals surface area contributed by atoms with E-state index in [-0.39, 0.29) is 30.5 Å². The summed E-state index contributed by atoms with van der Waals surface area (Å²) >= 11 is 0. The molecule has 0 amide bonds. The van der Waals surface area contributed by atoms with Gasteiger partial charge in [-0.3, -0.25) is 0 Å². The Morgan fingerprint density at radius 1 is 0.710 bits per heavy atom. The number of hydrogen-bond donors (Lipinski definition) is 0. The number of benzene rings is 2. The molecule has 2 heterocycles. The van der Waals surface area contributed by atoms with E-state index in [2.05, 4.69) is 12.1 Å². The Kier molecular flexibility index (Phi) is 7.54. The lowest BCUT2D eigenvalue weighted by molar-refractivity contribution is -0.217. The molecule has 6 atom stereocenters. The number of ether oxygens (including phenoxy) is 5. The third kappa shape index (κ3) is 6.05. The Balaban J connectivity index is 1.32. The zero-order valence-corrected chi connectivity index (χ0v) is 18.0. The van der Waals surface area contributed by atoms with Crippen LogP contribution in [0.25, 0.3) is 0 Å². The average molecular weight is 423 g/mol. The lowest BCUT2D eigenvalue weighted by Gasteiger charge is -2.36. The van der Waals surface area contributed by atoms with Crippen LogP contribution in [0.1, 0.15) is 25.0 Å². The summed E-state index contributed by atoms with van der Waals surface area (Å²) in [4.78, 5) is 0. The van der Waals surface area contributed by atoms with E-state index in [0.29, 0.717) is 13.2 Å². The first-order valence-electron chi connectivity index (χ1n) is 10.8. The number of rotatable bonds is 8. The van der Waals surface area contributed by atoms with Crippen LogP contribution in [0.15, 0.2) is 85.2 Å². The van der Waals surface area contributed by atoms with Crippen LogP contribution in [0.5, 0.6) is 0 Å². The van der Waals surface area contributed by atoms with Gasteiger partial charge in [0.2, 0.25) is 0 Å². The maximum atomic E-state index is 6.23. The van der Waals surface area contributed by atoms with Crippen molar-refractivity contribution in [2.45, 2.75) is 63.9 Å². The van der Waals surface area contributed by atoms with Gasteiger partial charge < -0.3 is 23.7 Å². The molecule has 4 rings (SSSR count). The summed E-state index contributed by atoms with van der Waals surface area (Å²) in [6, 6.07) is 20.2. The molecule has 0 bridgehead atoms. The molecule has 0 saturated heterocycles.